The van der Waals surface area contributed by atoms with Crippen LogP contribution in [-0.2, 0) is 14.2 Å². The highest BCUT2D eigenvalue weighted by atomic mass is 16.5. The van der Waals surface area contributed by atoms with Crippen molar-refractivity contribution in [2.24, 2.45) is 0 Å². The molecule has 0 radical (unpaired) electrons. The van der Waals surface area contributed by atoms with E-state index in [0.717, 1.165) is 104 Å². The first-order valence-electron chi connectivity index (χ1n) is 18.3. The van der Waals surface area contributed by atoms with E-state index in [-0.39, 0.29) is 0 Å². The Labute approximate surface area is 276 Å². The zero-order valence-electron chi connectivity index (χ0n) is 28.5. The van der Waals surface area contributed by atoms with E-state index in [1.807, 2.05) is 0 Å². The molecule has 1 atom stereocenters. The summed E-state index contributed by atoms with van der Waals surface area (Å²) in [5, 5.41) is 3.50. The van der Waals surface area contributed by atoms with Gasteiger partial charge in [-0.05, 0) is 93.9 Å². The topological polar surface area (TPSA) is 39.7 Å². The van der Waals surface area contributed by atoms with Crippen LogP contribution in [0.5, 0.6) is 0 Å². The molecule has 0 aromatic rings. The normalized spacial score (nSPS) is 17.5. The molecule has 0 saturated heterocycles. The Morgan fingerprint density at radius 1 is 0.600 bits per heavy atom. The minimum Gasteiger partial charge on any atom is -0.381 e. The van der Waals surface area contributed by atoms with Crippen LogP contribution in [0.2, 0.25) is 0 Å². The lowest BCUT2D eigenvalue weighted by Crippen LogP contribution is -2.39. The number of rotatable bonds is 26. The van der Waals surface area contributed by atoms with Crippen molar-refractivity contribution in [1.82, 2.24) is 5.32 Å². The highest BCUT2D eigenvalue weighted by molar-refractivity contribution is 5.57. The predicted molar refractivity (Wildman–Crippen MR) is 193 cm³/mol. The molecule has 0 amide bonds. The zero-order valence-corrected chi connectivity index (χ0v) is 28.5. The van der Waals surface area contributed by atoms with Crippen molar-refractivity contribution in [1.29, 1.82) is 0 Å². The Kier molecular flexibility index (Phi) is 20.6. The minimum atomic E-state index is -0.564. The van der Waals surface area contributed by atoms with Gasteiger partial charge in [-0.2, -0.15) is 0 Å². The fourth-order valence-electron chi connectivity index (χ4n) is 6.12. The average molecular weight is 618 g/mol. The number of nitrogens with one attached hydrogen (secondary N) is 1. The SMILES string of the molecule is CCCCCCCCNCCOCCCCCOCCCCCOC(C1=CC=CCC=C1)(C1=CCCC=C1)C1=CC=CC=CC1. The standard InChI is InChI=1S/C41H63NO3/c1-2-3-4-5-10-20-31-42-32-37-44-35-22-12-21-33-43-34-23-13-24-36-45-41(40-29-18-11-19-30-40,38-25-14-6-7-15-26-38)39-27-16-8-9-17-28-39/h6-8,14-18,25,27-30,42H,2-5,9-13,19-24,26,31-37H2,1H3. The van der Waals surface area contributed by atoms with Gasteiger partial charge in [0.05, 0.1) is 6.61 Å². The molecule has 250 valence electrons. The third kappa shape index (κ3) is 14.8. The smallest absolute Gasteiger partial charge is 0.140 e. The van der Waals surface area contributed by atoms with E-state index in [9.17, 15) is 0 Å². The molecule has 4 nitrogen and oxygen atoms in total. The van der Waals surface area contributed by atoms with Crippen LogP contribution in [-0.4, -0.2) is 51.7 Å². The average Bonchev–Trinajstić information content (AvgIpc) is 3.53. The third-order valence-electron chi connectivity index (χ3n) is 8.69. The molecule has 1 N–H and O–H groups in total. The van der Waals surface area contributed by atoms with E-state index < -0.39 is 5.60 Å². The molecule has 0 spiro atoms. The number of allylic oxidation sites excluding steroid dienone is 11. The largest absolute Gasteiger partial charge is 0.381 e. The van der Waals surface area contributed by atoms with Gasteiger partial charge in [-0.25, -0.2) is 0 Å². The summed E-state index contributed by atoms with van der Waals surface area (Å²) >= 11 is 0. The Bertz CT molecular complexity index is 1030. The monoisotopic (exact) mass is 617 g/mol. The van der Waals surface area contributed by atoms with Gasteiger partial charge in [0.15, 0.2) is 0 Å². The first kappa shape index (κ1) is 37.2. The molecule has 3 aliphatic carbocycles. The van der Waals surface area contributed by atoms with Crippen LogP contribution < -0.4 is 5.32 Å². The van der Waals surface area contributed by atoms with Crippen LogP contribution in [0.15, 0.2) is 95.7 Å². The van der Waals surface area contributed by atoms with Crippen LogP contribution >= 0.6 is 0 Å². The van der Waals surface area contributed by atoms with E-state index in [2.05, 4.69) is 91.2 Å². The Balaban J connectivity index is 1.27. The van der Waals surface area contributed by atoms with Crippen molar-refractivity contribution in [3.8, 4) is 0 Å². The second-order valence-electron chi connectivity index (χ2n) is 12.4. The second-order valence-corrected chi connectivity index (χ2v) is 12.4. The summed E-state index contributed by atoms with van der Waals surface area (Å²) < 4.78 is 18.8. The fourth-order valence-corrected chi connectivity index (χ4v) is 6.12. The van der Waals surface area contributed by atoms with Crippen LogP contribution in [0.3, 0.4) is 0 Å². The maximum atomic E-state index is 7.03. The highest BCUT2D eigenvalue weighted by Crippen LogP contribution is 2.43. The summed E-state index contributed by atoms with van der Waals surface area (Å²) in [4.78, 5) is 0. The van der Waals surface area contributed by atoms with Crippen LogP contribution in [0, 0.1) is 0 Å². The van der Waals surface area contributed by atoms with Gasteiger partial charge < -0.3 is 19.5 Å². The van der Waals surface area contributed by atoms with Crippen molar-refractivity contribution in [2.45, 2.75) is 115 Å². The van der Waals surface area contributed by atoms with Crippen molar-refractivity contribution in [3.05, 3.63) is 95.7 Å². The van der Waals surface area contributed by atoms with Gasteiger partial charge in [-0.15, -0.1) is 0 Å². The molecule has 3 rings (SSSR count). The van der Waals surface area contributed by atoms with Gasteiger partial charge in [0.1, 0.15) is 5.60 Å². The minimum absolute atomic E-state index is 0.564. The molecule has 0 aliphatic heterocycles. The molecule has 0 aromatic heterocycles. The predicted octanol–water partition coefficient (Wildman–Crippen LogP) is 10.2. The molecule has 45 heavy (non-hydrogen) atoms. The van der Waals surface area contributed by atoms with Crippen LogP contribution in [0.4, 0.5) is 0 Å². The Hall–Kier alpha value is -2.24. The summed E-state index contributed by atoms with van der Waals surface area (Å²) in [5.41, 5.74) is 3.22. The van der Waals surface area contributed by atoms with E-state index in [1.54, 1.807) is 0 Å². The number of ether oxygens (including phenoxy) is 3. The molecule has 0 fully saturated rings. The number of hydrogen-bond acceptors (Lipinski definition) is 4. The molecule has 1 unspecified atom stereocenters. The van der Waals surface area contributed by atoms with Crippen molar-refractivity contribution in [2.75, 3.05) is 46.1 Å². The number of hydrogen-bond donors (Lipinski definition) is 1. The van der Waals surface area contributed by atoms with E-state index in [1.165, 1.54) is 61.7 Å². The Morgan fingerprint density at radius 2 is 1.33 bits per heavy atom. The summed E-state index contributed by atoms with van der Waals surface area (Å²) in [6, 6.07) is 0. The molecule has 4 heteroatoms. The van der Waals surface area contributed by atoms with E-state index in [4.69, 9.17) is 14.2 Å². The van der Waals surface area contributed by atoms with Gasteiger partial charge in [-0.1, -0.05) is 118 Å². The number of unbranched alkanes of at least 4 members (excludes halogenated alkanes) is 9. The lowest BCUT2D eigenvalue weighted by Gasteiger charge is -2.39. The molecule has 0 saturated carbocycles. The van der Waals surface area contributed by atoms with Gasteiger partial charge in [0.25, 0.3) is 0 Å². The summed E-state index contributed by atoms with van der Waals surface area (Å²) in [6.45, 7) is 8.45. The molecule has 0 bridgehead atoms. The van der Waals surface area contributed by atoms with Gasteiger partial charge in [-0.3, -0.25) is 0 Å². The maximum Gasteiger partial charge on any atom is 0.140 e. The fraction of sp³-hybridized carbons (Fsp3) is 0.610. The Morgan fingerprint density at radius 3 is 2.13 bits per heavy atom. The molecule has 0 aromatic carbocycles. The highest BCUT2D eigenvalue weighted by Gasteiger charge is 2.40. The zero-order chi connectivity index (χ0) is 31.5. The lowest BCUT2D eigenvalue weighted by molar-refractivity contribution is 0.0359. The molecular formula is C41H63NO3. The van der Waals surface area contributed by atoms with Crippen molar-refractivity contribution in [3.63, 3.8) is 0 Å². The summed E-state index contributed by atoms with van der Waals surface area (Å²) in [7, 11) is 0. The second kappa shape index (κ2) is 24.9. The molecule has 0 heterocycles. The summed E-state index contributed by atoms with van der Waals surface area (Å²) in [5.74, 6) is 0. The third-order valence-corrected chi connectivity index (χ3v) is 8.69. The van der Waals surface area contributed by atoms with Crippen LogP contribution in [0.25, 0.3) is 0 Å². The molecular weight excluding hydrogens is 554 g/mol. The first-order chi connectivity index (χ1) is 22.4. The van der Waals surface area contributed by atoms with Gasteiger partial charge in [0.2, 0.25) is 0 Å². The first-order valence-corrected chi connectivity index (χ1v) is 18.3. The molecule has 3 aliphatic rings. The lowest BCUT2D eigenvalue weighted by atomic mass is 9.75. The van der Waals surface area contributed by atoms with Gasteiger partial charge in [0, 0.05) is 33.0 Å². The van der Waals surface area contributed by atoms with E-state index >= 15 is 0 Å². The van der Waals surface area contributed by atoms with Gasteiger partial charge >= 0.3 is 0 Å². The van der Waals surface area contributed by atoms with Crippen molar-refractivity contribution >= 4 is 0 Å². The maximum absolute atomic E-state index is 7.03. The summed E-state index contributed by atoms with van der Waals surface area (Å²) in [6.07, 6.45) is 47.8. The quantitative estimate of drug-likeness (QED) is 0.0981. The van der Waals surface area contributed by atoms with E-state index in [0.29, 0.717) is 0 Å². The van der Waals surface area contributed by atoms with Crippen LogP contribution in [0.1, 0.15) is 110 Å². The van der Waals surface area contributed by atoms with Crippen molar-refractivity contribution < 1.29 is 14.2 Å².